The molecule has 0 bridgehead atoms. The van der Waals surface area contributed by atoms with Gasteiger partial charge in [0.15, 0.2) is 0 Å². The fourth-order valence-electron chi connectivity index (χ4n) is 3.45. The summed E-state index contributed by atoms with van der Waals surface area (Å²) in [6, 6.07) is 8.00. The van der Waals surface area contributed by atoms with E-state index in [9.17, 15) is 4.79 Å². The Hall–Kier alpha value is -1.07. The summed E-state index contributed by atoms with van der Waals surface area (Å²) in [6.45, 7) is 10.2. The van der Waals surface area contributed by atoms with Crippen LogP contribution in [-0.2, 0) is 4.79 Å². The van der Waals surface area contributed by atoms with Gasteiger partial charge in [-0.25, -0.2) is 0 Å². The predicted octanol–water partition coefficient (Wildman–Crippen LogP) is 3.34. The van der Waals surface area contributed by atoms with Crippen LogP contribution in [0.5, 0.6) is 0 Å². The number of rotatable bonds is 6. The molecule has 1 aliphatic rings. The first-order valence-electron chi connectivity index (χ1n) is 8.43. The van der Waals surface area contributed by atoms with Crippen LogP contribution in [0.25, 0.3) is 0 Å². The molecule has 2 rings (SSSR count). The fraction of sp³-hybridized carbons (Fsp3) is 0.611. The largest absolute Gasteiger partial charge is 0.376 e. The lowest BCUT2D eigenvalue weighted by Crippen LogP contribution is -2.47. The van der Waals surface area contributed by atoms with Gasteiger partial charge in [-0.1, -0.05) is 29.8 Å². The van der Waals surface area contributed by atoms with Crippen LogP contribution < -0.4 is 10.6 Å². The van der Waals surface area contributed by atoms with E-state index in [-0.39, 0.29) is 11.9 Å². The first-order valence-corrected chi connectivity index (χ1v) is 9.23. The number of amides is 1. The molecule has 128 valence electrons. The van der Waals surface area contributed by atoms with Crippen molar-refractivity contribution in [2.45, 2.75) is 33.2 Å². The minimum atomic E-state index is 0.0403. The number of nitrogens with zero attached hydrogens (tertiary/aromatic N) is 1. The van der Waals surface area contributed by atoms with Crippen LogP contribution in [0.2, 0.25) is 0 Å². The van der Waals surface area contributed by atoms with E-state index in [0.29, 0.717) is 6.54 Å². The van der Waals surface area contributed by atoms with Crippen molar-refractivity contribution in [2.75, 3.05) is 31.5 Å². The highest BCUT2D eigenvalue weighted by molar-refractivity contribution is 9.10. The molecule has 0 radical (unpaired) electrons. The molecule has 1 aliphatic heterocycles. The number of likely N-dealkylation sites (tertiary alicyclic amines) is 1. The van der Waals surface area contributed by atoms with Gasteiger partial charge in [0.25, 0.3) is 0 Å². The molecule has 1 aromatic carbocycles. The molecule has 5 heteroatoms. The van der Waals surface area contributed by atoms with Gasteiger partial charge in [-0.3, -0.25) is 4.79 Å². The van der Waals surface area contributed by atoms with Crippen LogP contribution in [0.15, 0.2) is 28.7 Å². The normalized spacial score (nSPS) is 23.3. The standard InChI is InChI=1S/C18H28BrN3O/c1-13-8-14(2)11-22(10-13)12-15(3)21-18(23)9-20-17-6-4-16(19)5-7-17/h4-7,13-15,20H,8-12H2,1-3H3,(H,21,23)/t13-,14-,15-/m1/s1. The minimum Gasteiger partial charge on any atom is -0.376 e. The van der Waals surface area contributed by atoms with Crippen LogP contribution in [0.1, 0.15) is 27.2 Å². The Morgan fingerprint density at radius 3 is 2.48 bits per heavy atom. The minimum absolute atomic E-state index is 0.0403. The van der Waals surface area contributed by atoms with Crippen LogP contribution in [0.4, 0.5) is 5.69 Å². The molecule has 0 aliphatic carbocycles. The van der Waals surface area contributed by atoms with Gasteiger partial charge in [0, 0.05) is 35.8 Å². The van der Waals surface area contributed by atoms with Crippen LogP contribution in [0.3, 0.4) is 0 Å². The molecule has 1 fully saturated rings. The van der Waals surface area contributed by atoms with Gasteiger partial charge in [0.2, 0.25) is 5.91 Å². The zero-order chi connectivity index (χ0) is 16.8. The molecule has 4 nitrogen and oxygen atoms in total. The molecule has 23 heavy (non-hydrogen) atoms. The number of hydrogen-bond acceptors (Lipinski definition) is 3. The Morgan fingerprint density at radius 1 is 1.26 bits per heavy atom. The molecule has 2 N–H and O–H groups in total. The van der Waals surface area contributed by atoms with E-state index in [1.54, 1.807) is 0 Å². The number of benzene rings is 1. The van der Waals surface area contributed by atoms with Gasteiger partial charge in [-0.05, 0) is 49.4 Å². The number of hydrogen-bond donors (Lipinski definition) is 2. The summed E-state index contributed by atoms with van der Waals surface area (Å²) in [7, 11) is 0. The second kappa shape index (κ2) is 8.69. The number of anilines is 1. The average Bonchev–Trinajstić information content (AvgIpc) is 2.45. The van der Waals surface area contributed by atoms with Gasteiger partial charge in [0.05, 0.1) is 6.54 Å². The van der Waals surface area contributed by atoms with Crippen molar-refractivity contribution in [3.05, 3.63) is 28.7 Å². The summed E-state index contributed by atoms with van der Waals surface area (Å²) in [5.41, 5.74) is 0.953. The number of halogens is 1. The smallest absolute Gasteiger partial charge is 0.239 e. The monoisotopic (exact) mass is 381 g/mol. The lowest BCUT2D eigenvalue weighted by Gasteiger charge is -2.36. The SMILES string of the molecule is C[C@@H]1C[C@@H](C)CN(C[C@@H](C)NC(=O)CNc2ccc(Br)cc2)C1. The molecule has 1 aromatic rings. The highest BCUT2D eigenvalue weighted by atomic mass is 79.9. The van der Waals surface area contributed by atoms with E-state index in [0.717, 1.165) is 41.6 Å². The second-order valence-corrected chi connectivity index (χ2v) is 7.91. The van der Waals surface area contributed by atoms with Gasteiger partial charge >= 0.3 is 0 Å². The summed E-state index contributed by atoms with van der Waals surface area (Å²) < 4.78 is 1.03. The molecule has 1 amide bonds. The Balaban J connectivity index is 1.70. The van der Waals surface area contributed by atoms with E-state index in [1.165, 1.54) is 6.42 Å². The number of nitrogens with one attached hydrogen (secondary N) is 2. The maximum Gasteiger partial charge on any atom is 0.239 e. The lowest BCUT2D eigenvalue weighted by molar-refractivity contribution is -0.120. The highest BCUT2D eigenvalue weighted by Crippen LogP contribution is 2.20. The van der Waals surface area contributed by atoms with Gasteiger partial charge < -0.3 is 15.5 Å². The molecule has 3 atom stereocenters. The van der Waals surface area contributed by atoms with E-state index in [1.807, 2.05) is 24.3 Å². The van der Waals surface area contributed by atoms with Gasteiger partial charge in [-0.15, -0.1) is 0 Å². The van der Waals surface area contributed by atoms with Crippen LogP contribution in [-0.4, -0.2) is 43.0 Å². The molecule has 0 unspecified atom stereocenters. The van der Waals surface area contributed by atoms with Crippen molar-refractivity contribution < 1.29 is 4.79 Å². The Bertz CT molecular complexity index is 495. The van der Waals surface area contributed by atoms with Crippen molar-refractivity contribution >= 4 is 27.5 Å². The third-order valence-corrected chi connectivity index (χ3v) is 4.71. The van der Waals surface area contributed by atoms with Crippen molar-refractivity contribution in [1.29, 1.82) is 0 Å². The van der Waals surface area contributed by atoms with Crippen molar-refractivity contribution in [3.63, 3.8) is 0 Å². The summed E-state index contributed by atoms with van der Waals surface area (Å²) >= 11 is 3.40. The fourth-order valence-corrected chi connectivity index (χ4v) is 3.71. The molecule has 1 heterocycles. The van der Waals surface area contributed by atoms with Crippen molar-refractivity contribution in [1.82, 2.24) is 10.2 Å². The van der Waals surface area contributed by atoms with E-state index >= 15 is 0 Å². The van der Waals surface area contributed by atoms with E-state index < -0.39 is 0 Å². The van der Waals surface area contributed by atoms with Crippen molar-refractivity contribution in [3.8, 4) is 0 Å². The van der Waals surface area contributed by atoms with Gasteiger partial charge in [0.1, 0.15) is 0 Å². The quantitative estimate of drug-likeness (QED) is 0.793. The molecule has 0 aromatic heterocycles. The summed E-state index contributed by atoms with van der Waals surface area (Å²) in [4.78, 5) is 14.5. The molecule has 0 spiro atoms. The highest BCUT2D eigenvalue weighted by Gasteiger charge is 2.23. The lowest BCUT2D eigenvalue weighted by atomic mass is 9.92. The number of carbonyl (C=O) groups excluding carboxylic acids is 1. The van der Waals surface area contributed by atoms with E-state index in [4.69, 9.17) is 0 Å². The number of carbonyl (C=O) groups is 1. The molecular weight excluding hydrogens is 354 g/mol. The maximum atomic E-state index is 12.1. The van der Waals surface area contributed by atoms with E-state index in [2.05, 4.69) is 52.2 Å². The Morgan fingerprint density at radius 2 is 1.87 bits per heavy atom. The van der Waals surface area contributed by atoms with Crippen molar-refractivity contribution in [2.24, 2.45) is 11.8 Å². The summed E-state index contributed by atoms with van der Waals surface area (Å²) in [6.07, 6.45) is 1.31. The summed E-state index contributed by atoms with van der Waals surface area (Å²) in [5, 5.41) is 6.23. The maximum absolute atomic E-state index is 12.1. The molecule has 0 saturated carbocycles. The first kappa shape index (κ1) is 18.3. The topological polar surface area (TPSA) is 44.4 Å². The average molecular weight is 382 g/mol. The third kappa shape index (κ3) is 6.51. The molecular formula is C18H28BrN3O. The zero-order valence-electron chi connectivity index (χ0n) is 14.3. The molecule has 1 saturated heterocycles. The summed E-state index contributed by atoms with van der Waals surface area (Å²) in [5.74, 6) is 1.54. The predicted molar refractivity (Wildman–Crippen MR) is 99.6 cm³/mol. The first-order chi connectivity index (χ1) is 10.9. The van der Waals surface area contributed by atoms with Gasteiger partial charge in [-0.2, -0.15) is 0 Å². The van der Waals surface area contributed by atoms with Crippen LogP contribution in [0, 0.1) is 11.8 Å². The number of piperidine rings is 1. The third-order valence-electron chi connectivity index (χ3n) is 4.18. The second-order valence-electron chi connectivity index (χ2n) is 6.99. The Kier molecular flexibility index (Phi) is 6.90. The Labute approximate surface area is 148 Å². The van der Waals surface area contributed by atoms with Crippen LogP contribution >= 0.6 is 15.9 Å². The zero-order valence-corrected chi connectivity index (χ0v) is 15.9.